The molecule has 1 N–H and O–H groups in total. The number of hydrogen-bond donors (Lipinski definition) is 1. The molecule has 2 unspecified atom stereocenters. The predicted octanol–water partition coefficient (Wildman–Crippen LogP) is 2.53. The van der Waals surface area contributed by atoms with Gasteiger partial charge >= 0.3 is 5.97 Å². The number of methoxy groups -OCH3 is 2. The molecular weight excluding hydrogens is 232 g/mol. The molecule has 2 atom stereocenters. The summed E-state index contributed by atoms with van der Waals surface area (Å²) in [5.41, 5.74) is 0.667. The van der Waals surface area contributed by atoms with Crippen molar-refractivity contribution in [3.63, 3.8) is 0 Å². The number of benzene rings is 1. The van der Waals surface area contributed by atoms with Crippen LogP contribution < -0.4 is 9.47 Å². The highest BCUT2D eigenvalue weighted by atomic mass is 16.5. The van der Waals surface area contributed by atoms with Crippen LogP contribution in [0.5, 0.6) is 11.5 Å². The topological polar surface area (TPSA) is 55.8 Å². The van der Waals surface area contributed by atoms with Gasteiger partial charge in [0.2, 0.25) is 0 Å². The number of ether oxygens (including phenoxy) is 2. The van der Waals surface area contributed by atoms with E-state index in [2.05, 4.69) is 0 Å². The lowest BCUT2D eigenvalue weighted by Crippen LogP contribution is -2.03. The molecule has 1 fully saturated rings. The van der Waals surface area contributed by atoms with E-state index in [-0.39, 0.29) is 17.3 Å². The second-order valence-corrected chi connectivity index (χ2v) is 5.20. The van der Waals surface area contributed by atoms with Crippen LogP contribution in [0.4, 0.5) is 0 Å². The van der Waals surface area contributed by atoms with E-state index in [1.54, 1.807) is 14.2 Å². The fourth-order valence-corrected chi connectivity index (χ4v) is 2.84. The smallest absolute Gasteiger partial charge is 0.307 e. The molecule has 1 aromatic carbocycles. The van der Waals surface area contributed by atoms with E-state index in [4.69, 9.17) is 9.47 Å². The SMILES string of the molecule is COc1cccc(C2C(C(=O)O)C2(C)C)c1OC. The number of carboxylic acids is 1. The molecule has 0 aliphatic heterocycles. The predicted molar refractivity (Wildman–Crippen MR) is 67.2 cm³/mol. The number of aliphatic carboxylic acids is 1. The van der Waals surface area contributed by atoms with Gasteiger partial charge in [-0.15, -0.1) is 0 Å². The molecule has 0 aromatic heterocycles. The molecule has 4 heteroatoms. The Hall–Kier alpha value is -1.71. The lowest BCUT2D eigenvalue weighted by atomic mass is 10.0. The minimum Gasteiger partial charge on any atom is -0.493 e. The molecule has 0 amide bonds. The number of rotatable bonds is 4. The normalized spacial score (nSPS) is 24.4. The molecule has 0 heterocycles. The number of hydrogen-bond acceptors (Lipinski definition) is 3. The number of para-hydroxylation sites is 1. The van der Waals surface area contributed by atoms with Gasteiger partial charge in [-0.1, -0.05) is 26.0 Å². The molecule has 0 radical (unpaired) electrons. The summed E-state index contributed by atoms with van der Waals surface area (Å²) in [4.78, 5) is 11.2. The second-order valence-electron chi connectivity index (χ2n) is 5.20. The monoisotopic (exact) mass is 250 g/mol. The fourth-order valence-electron chi connectivity index (χ4n) is 2.84. The summed E-state index contributed by atoms with van der Waals surface area (Å²) in [6.45, 7) is 3.94. The molecule has 1 aromatic rings. The van der Waals surface area contributed by atoms with Gasteiger partial charge in [0.1, 0.15) is 0 Å². The standard InChI is InChI=1S/C14H18O4/c1-14(2)10(11(14)13(15)16)8-6-5-7-9(17-3)12(8)18-4/h5-7,10-11H,1-4H3,(H,15,16). The highest BCUT2D eigenvalue weighted by molar-refractivity contribution is 5.78. The number of carbonyl (C=O) groups is 1. The maximum atomic E-state index is 11.2. The Morgan fingerprint density at radius 1 is 1.28 bits per heavy atom. The molecule has 1 aliphatic rings. The van der Waals surface area contributed by atoms with Crippen LogP contribution in [0, 0.1) is 11.3 Å². The van der Waals surface area contributed by atoms with E-state index in [9.17, 15) is 9.90 Å². The lowest BCUT2D eigenvalue weighted by Gasteiger charge is -2.13. The van der Waals surface area contributed by atoms with Gasteiger partial charge in [-0.25, -0.2) is 0 Å². The van der Waals surface area contributed by atoms with Crippen LogP contribution in [0.2, 0.25) is 0 Å². The summed E-state index contributed by atoms with van der Waals surface area (Å²) < 4.78 is 10.6. The Bertz CT molecular complexity index is 479. The first-order chi connectivity index (χ1) is 8.45. The summed E-state index contributed by atoms with van der Waals surface area (Å²) in [7, 11) is 3.15. The number of carboxylic acid groups (broad SMARTS) is 1. The van der Waals surface area contributed by atoms with E-state index in [0.717, 1.165) is 5.56 Å². The molecule has 2 rings (SSSR count). The zero-order chi connectivity index (χ0) is 13.5. The fraction of sp³-hybridized carbons (Fsp3) is 0.500. The van der Waals surface area contributed by atoms with Gasteiger partial charge in [0, 0.05) is 11.5 Å². The van der Waals surface area contributed by atoms with Crippen molar-refractivity contribution in [2.75, 3.05) is 14.2 Å². The molecule has 1 aliphatic carbocycles. The van der Waals surface area contributed by atoms with Crippen LogP contribution in [0.25, 0.3) is 0 Å². The average molecular weight is 250 g/mol. The van der Waals surface area contributed by atoms with Gasteiger partial charge in [-0.3, -0.25) is 4.79 Å². The summed E-state index contributed by atoms with van der Waals surface area (Å²) >= 11 is 0. The van der Waals surface area contributed by atoms with E-state index < -0.39 is 5.97 Å². The van der Waals surface area contributed by atoms with Gasteiger partial charge in [-0.05, 0) is 11.5 Å². The first-order valence-corrected chi connectivity index (χ1v) is 5.88. The second kappa shape index (κ2) is 4.19. The van der Waals surface area contributed by atoms with Crippen LogP contribution >= 0.6 is 0 Å². The van der Waals surface area contributed by atoms with Crippen molar-refractivity contribution >= 4 is 5.97 Å². The van der Waals surface area contributed by atoms with Crippen LogP contribution in [0.15, 0.2) is 18.2 Å². The van der Waals surface area contributed by atoms with Crippen molar-refractivity contribution in [2.45, 2.75) is 19.8 Å². The average Bonchev–Trinajstić information content (AvgIpc) is 2.91. The molecule has 0 saturated heterocycles. The Morgan fingerprint density at radius 2 is 1.94 bits per heavy atom. The van der Waals surface area contributed by atoms with Gasteiger partial charge in [-0.2, -0.15) is 0 Å². The first-order valence-electron chi connectivity index (χ1n) is 5.88. The summed E-state index contributed by atoms with van der Waals surface area (Å²) in [6, 6.07) is 5.59. The third-order valence-corrected chi connectivity index (χ3v) is 3.86. The van der Waals surface area contributed by atoms with Crippen LogP contribution in [-0.4, -0.2) is 25.3 Å². The molecule has 18 heavy (non-hydrogen) atoms. The largest absolute Gasteiger partial charge is 0.493 e. The molecule has 4 nitrogen and oxygen atoms in total. The highest BCUT2D eigenvalue weighted by Gasteiger charge is 2.63. The highest BCUT2D eigenvalue weighted by Crippen LogP contribution is 2.66. The Morgan fingerprint density at radius 3 is 2.39 bits per heavy atom. The minimum absolute atomic E-state index is 0.0277. The van der Waals surface area contributed by atoms with Crippen LogP contribution in [0.3, 0.4) is 0 Å². The Labute approximate surface area is 107 Å². The van der Waals surface area contributed by atoms with Gasteiger partial charge < -0.3 is 14.6 Å². The zero-order valence-electron chi connectivity index (χ0n) is 11.1. The zero-order valence-corrected chi connectivity index (χ0v) is 11.1. The van der Waals surface area contributed by atoms with Crippen LogP contribution in [-0.2, 0) is 4.79 Å². The maximum Gasteiger partial charge on any atom is 0.307 e. The third-order valence-electron chi connectivity index (χ3n) is 3.86. The summed E-state index contributed by atoms with van der Waals surface area (Å²) in [6.07, 6.45) is 0. The molecular formula is C14H18O4. The van der Waals surface area contributed by atoms with Crippen molar-refractivity contribution in [1.82, 2.24) is 0 Å². The molecule has 0 bridgehead atoms. The Kier molecular flexibility index (Phi) is 2.97. The molecule has 0 spiro atoms. The van der Waals surface area contributed by atoms with Gasteiger partial charge in [0.25, 0.3) is 0 Å². The third kappa shape index (κ3) is 1.72. The molecule has 98 valence electrons. The van der Waals surface area contributed by atoms with Gasteiger partial charge in [0.15, 0.2) is 11.5 Å². The quantitative estimate of drug-likeness (QED) is 0.892. The molecule has 1 saturated carbocycles. The van der Waals surface area contributed by atoms with E-state index in [1.165, 1.54) is 0 Å². The van der Waals surface area contributed by atoms with Crippen molar-refractivity contribution in [3.05, 3.63) is 23.8 Å². The lowest BCUT2D eigenvalue weighted by molar-refractivity contribution is -0.139. The van der Waals surface area contributed by atoms with E-state index in [1.807, 2.05) is 32.0 Å². The first kappa shape index (κ1) is 12.7. The van der Waals surface area contributed by atoms with Crippen LogP contribution in [0.1, 0.15) is 25.3 Å². The van der Waals surface area contributed by atoms with E-state index >= 15 is 0 Å². The van der Waals surface area contributed by atoms with Gasteiger partial charge in [0.05, 0.1) is 20.1 Å². The van der Waals surface area contributed by atoms with Crippen molar-refractivity contribution in [3.8, 4) is 11.5 Å². The maximum absolute atomic E-state index is 11.2. The Balaban J connectivity index is 2.44. The summed E-state index contributed by atoms with van der Waals surface area (Å²) in [5, 5.41) is 9.24. The van der Waals surface area contributed by atoms with Crippen molar-refractivity contribution in [2.24, 2.45) is 11.3 Å². The summed E-state index contributed by atoms with van der Waals surface area (Å²) in [5.74, 6) is 0.136. The van der Waals surface area contributed by atoms with E-state index in [0.29, 0.717) is 11.5 Å². The van der Waals surface area contributed by atoms with Crippen molar-refractivity contribution in [1.29, 1.82) is 0 Å². The van der Waals surface area contributed by atoms with Crippen molar-refractivity contribution < 1.29 is 19.4 Å². The minimum atomic E-state index is -0.755.